The van der Waals surface area contributed by atoms with E-state index in [0.717, 1.165) is 0 Å². The fraction of sp³-hybridized carbons (Fsp3) is 1.00. The number of hydrogen-bond acceptors (Lipinski definition) is 9. The van der Waals surface area contributed by atoms with Gasteiger partial charge in [0.2, 0.25) is 0 Å². The van der Waals surface area contributed by atoms with Crippen LogP contribution in [0.3, 0.4) is 0 Å². The normalized spacial score (nSPS) is 31.1. The quantitative estimate of drug-likeness (QED) is 0.163. The van der Waals surface area contributed by atoms with Gasteiger partial charge in [0.1, 0.15) is 30.5 Å². The lowest BCUT2D eigenvalue weighted by molar-refractivity contribution is -0.162. The van der Waals surface area contributed by atoms with Crippen molar-refractivity contribution < 1.29 is 80.6 Å². The zero-order valence-corrected chi connectivity index (χ0v) is 16.3. The summed E-state index contributed by atoms with van der Waals surface area (Å²) in [5, 5.41) is 10.0. The van der Waals surface area contributed by atoms with E-state index in [1.165, 1.54) is 0 Å². The Bertz CT molecular complexity index is 696. The first-order valence-electron chi connectivity index (χ1n) is 6.41. The Morgan fingerprint density at radius 3 is 1.26 bits per heavy atom. The number of phosphoric ester groups is 4. The SMILES string of the molecule is O=P(O)(O)O[C@@H]1[C@@H](OP(=O)(O)O)[C@@H](O)[C@@H](OP(=O)(O)O)C[C@H]1OP(=O)(O)O. The maximum Gasteiger partial charge on any atom is 0.470 e. The molecule has 0 aliphatic heterocycles. The van der Waals surface area contributed by atoms with Crippen LogP contribution in [0, 0.1) is 0 Å². The Morgan fingerprint density at radius 2 is 0.889 bits per heavy atom. The van der Waals surface area contributed by atoms with E-state index in [0.29, 0.717) is 0 Å². The van der Waals surface area contributed by atoms with Gasteiger partial charge in [-0.25, -0.2) is 18.3 Å². The molecule has 1 saturated carbocycles. The average molecular weight is 484 g/mol. The van der Waals surface area contributed by atoms with Gasteiger partial charge in [0.15, 0.2) is 0 Å². The smallest absolute Gasteiger partial charge is 0.388 e. The van der Waals surface area contributed by atoms with Crippen molar-refractivity contribution in [3.05, 3.63) is 0 Å². The molecule has 0 bridgehead atoms. The lowest BCUT2D eigenvalue weighted by Gasteiger charge is -2.43. The second kappa shape index (κ2) is 8.64. The number of phosphoric acid groups is 4. The van der Waals surface area contributed by atoms with E-state index >= 15 is 0 Å². The predicted molar refractivity (Wildman–Crippen MR) is 78.3 cm³/mol. The van der Waals surface area contributed by atoms with Crippen LogP contribution in [-0.4, -0.2) is 74.8 Å². The number of aliphatic hydroxyl groups is 1. The highest BCUT2D eigenvalue weighted by Gasteiger charge is 2.53. The zero-order chi connectivity index (χ0) is 21.4. The van der Waals surface area contributed by atoms with Gasteiger partial charge in [-0.2, -0.15) is 0 Å². The van der Waals surface area contributed by atoms with E-state index in [1.807, 2.05) is 0 Å². The van der Waals surface area contributed by atoms with Crippen molar-refractivity contribution >= 4 is 31.3 Å². The van der Waals surface area contributed by atoms with Crippen LogP contribution in [0.25, 0.3) is 0 Å². The van der Waals surface area contributed by atoms with Gasteiger partial charge in [0.05, 0.1) is 0 Å². The Labute approximate surface area is 149 Å². The Kier molecular flexibility index (Phi) is 8.14. The topological polar surface area (TPSA) is 287 Å². The Balaban J connectivity index is 3.36. The molecule has 0 heterocycles. The van der Waals surface area contributed by atoms with Gasteiger partial charge in [-0.1, -0.05) is 0 Å². The molecule has 1 aliphatic carbocycles. The van der Waals surface area contributed by atoms with Crippen molar-refractivity contribution in [2.45, 2.75) is 36.9 Å². The van der Waals surface area contributed by atoms with Gasteiger partial charge in [0.25, 0.3) is 0 Å². The van der Waals surface area contributed by atoms with Crippen molar-refractivity contribution in [3.8, 4) is 0 Å². The standard InChI is InChI=1S/C6H16O17P4/c7-4-2(20-24(8,9)10)1-3(21-25(11,12)13)5(22-26(14,15)16)6(4)23-27(17,18)19/h2-7H,1H2,(H2,8,9,10)(H2,11,12,13)(H2,14,15,16)(H2,17,18,19)/t2-,3+,4-,5-,6-/m0/s1. The molecule has 0 unspecified atom stereocenters. The molecule has 1 aliphatic rings. The van der Waals surface area contributed by atoms with Crippen LogP contribution in [0.2, 0.25) is 0 Å². The molecule has 0 aromatic carbocycles. The van der Waals surface area contributed by atoms with Crippen LogP contribution in [0.4, 0.5) is 0 Å². The third kappa shape index (κ3) is 9.63. The molecular formula is C6H16O17P4. The van der Waals surface area contributed by atoms with Crippen molar-refractivity contribution in [1.29, 1.82) is 0 Å². The largest absolute Gasteiger partial charge is 0.470 e. The number of rotatable bonds is 8. The molecule has 162 valence electrons. The lowest BCUT2D eigenvalue weighted by atomic mass is 9.87. The van der Waals surface area contributed by atoms with Crippen LogP contribution >= 0.6 is 31.3 Å². The summed E-state index contributed by atoms with van der Waals surface area (Å²) >= 11 is 0. The molecular weight excluding hydrogens is 468 g/mol. The van der Waals surface area contributed by atoms with Crippen molar-refractivity contribution in [2.24, 2.45) is 0 Å². The van der Waals surface area contributed by atoms with E-state index in [2.05, 4.69) is 18.1 Å². The molecule has 5 atom stereocenters. The molecule has 0 spiro atoms. The van der Waals surface area contributed by atoms with Crippen molar-refractivity contribution in [3.63, 3.8) is 0 Å². The Hall–Kier alpha value is 0.400. The highest BCUT2D eigenvalue weighted by Crippen LogP contribution is 2.52. The minimum absolute atomic E-state index is 1.02. The number of aliphatic hydroxyl groups excluding tert-OH is 1. The molecule has 0 radical (unpaired) electrons. The molecule has 9 N–H and O–H groups in total. The van der Waals surface area contributed by atoms with Crippen LogP contribution in [0.15, 0.2) is 0 Å². The van der Waals surface area contributed by atoms with Crippen molar-refractivity contribution in [2.75, 3.05) is 0 Å². The molecule has 1 fully saturated rings. The highest BCUT2D eigenvalue weighted by atomic mass is 31.2. The summed E-state index contributed by atoms with van der Waals surface area (Å²) in [5.41, 5.74) is 0. The highest BCUT2D eigenvalue weighted by molar-refractivity contribution is 7.47. The van der Waals surface area contributed by atoms with Crippen LogP contribution in [0.1, 0.15) is 6.42 Å². The van der Waals surface area contributed by atoms with E-state index in [1.54, 1.807) is 0 Å². The third-order valence-corrected chi connectivity index (χ3v) is 5.06. The molecule has 21 heteroatoms. The molecule has 0 amide bonds. The van der Waals surface area contributed by atoms with Gasteiger partial charge >= 0.3 is 31.3 Å². The number of hydrogen-bond donors (Lipinski definition) is 9. The summed E-state index contributed by atoms with van der Waals surface area (Å²) in [6.07, 6.45) is -12.6. The van der Waals surface area contributed by atoms with Gasteiger partial charge in [0, 0.05) is 6.42 Å². The maximum absolute atomic E-state index is 11.1. The summed E-state index contributed by atoms with van der Waals surface area (Å²) < 4.78 is 60.8. The first-order valence-corrected chi connectivity index (χ1v) is 12.5. The van der Waals surface area contributed by atoms with E-state index in [-0.39, 0.29) is 0 Å². The molecule has 17 nitrogen and oxygen atoms in total. The predicted octanol–water partition coefficient (Wildman–Crippen LogP) is -2.34. The molecule has 0 aromatic rings. The molecule has 0 saturated heterocycles. The van der Waals surface area contributed by atoms with Crippen LogP contribution in [-0.2, 0) is 36.4 Å². The lowest BCUT2D eigenvalue weighted by Crippen LogP contribution is -2.58. The van der Waals surface area contributed by atoms with Crippen molar-refractivity contribution in [1.82, 2.24) is 0 Å². The van der Waals surface area contributed by atoms with E-state index < -0.39 is 68.2 Å². The second-order valence-electron chi connectivity index (χ2n) is 5.12. The molecule has 0 aromatic heterocycles. The van der Waals surface area contributed by atoms with Crippen LogP contribution < -0.4 is 0 Å². The third-order valence-electron chi connectivity index (χ3n) is 2.94. The molecule has 1 rings (SSSR count). The van der Waals surface area contributed by atoms with E-state index in [9.17, 15) is 23.4 Å². The minimum atomic E-state index is -5.52. The summed E-state index contributed by atoms with van der Waals surface area (Å²) in [6, 6.07) is 0. The van der Waals surface area contributed by atoms with Gasteiger partial charge in [-0.05, 0) is 0 Å². The molecule has 27 heavy (non-hydrogen) atoms. The van der Waals surface area contributed by atoms with Gasteiger partial charge in [-0.15, -0.1) is 0 Å². The monoisotopic (exact) mass is 484 g/mol. The minimum Gasteiger partial charge on any atom is -0.388 e. The maximum atomic E-state index is 11.1. The van der Waals surface area contributed by atoms with E-state index in [4.69, 9.17) is 39.1 Å². The zero-order valence-electron chi connectivity index (χ0n) is 12.7. The van der Waals surface area contributed by atoms with Gasteiger partial charge in [-0.3, -0.25) is 18.1 Å². The first-order chi connectivity index (χ1) is 11.8. The first kappa shape index (κ1) is 25.4. The summed E-state index contributed by atoms with van der Waals surface area (Å²) in [5.74, 6) is 0. The average Bonchev–Trinajstić information content (AvgIpc) is 2.33. The second-order valence-corrected chi connectivity index (χ2v) is 9.88. The fourth-order valence-electron chi connectivity index (χ4n) is 2.25. The van der Waals surface area contributed by atoms with Gasteiger partial charge < -0.3 is 44.3 Å². The summed E-state index contributed by atoms with van der Waals surface area (Å²) in [6.45, 7) is 0. The summed E-state index contributed by atoms with van der Waals surface area (Å²) in [4.78, 5) is 70.9. The fourth-order valence-corrected chi connectivity index (χ4v) is 4.51. The summed E-state index contributed by atoms with van der Waals surface area (Å²) in [7, 11) is -21.8. The van der Waals surface area contributed by atoms with Crippen LogP contribution in [0.5, 0.6) is 0 Å². The Morgan fingerprint density at radius 1 is 0.556 bits per heavy atom.